The first-order valence-electron chi connectivity index (χ1n) is 6.40. The number of hydrogen-bond acceptors (Lipinski definition) is 5. The van der Waals surface area contributed by atoms with Crippen LogP contribution in [0.5, 0.6) is 0 Å². The molecular weight excluding hydrogens is 242 g/mol. The average Bonchev–Trinajstić information content (AvgIpc) is 2.91. The maximum absolute atomic E-state index is 5.57. The number of H-pyrrole nitrogens is 1. The van der Waals surface area contributed by atoms with Gasteiger partial charge in [0.05, 0.1) is 24.9 Å². The molecule has 0 aromatic carbocycles. The van der Waals surface area contributed by atoms with Crippen molar-refractivity contribution in [2.24, 2.45) is 0 Å². The van der Waals surface area contributed by atoms with E-state index in [-0.39, 0.29) is 6.04 Å². The molecule has 6 heteroatoms. The number of nitrogens with zero attached hydrogens (tertiary/aromatic N) is 4. The maximum atomic E-state index is 5.57. The molecule has 1 saturated heterocycles. The second-order valence-electron chi connectivity index (χ2n) is 4.75. The van der Waals surface area contributed by atoms with E-state index >= 15 is 0 Å². The van der Waals surface area contributed by atoms with Gasteiger partial charge in [-0.1, -0.05) is 0 Å². The van der Waals surface area contributed by atoms with Gasteiger partial charge >= 0.3 is 0 Å². The molecule has 0 unspecified atom stereocenters. The van der Waals surface area contributed by atoms with Crippen LogP contribution in [-0.2, 0) is 4.74 Å². The number of hydrogen-bond donors (Lipinski definition) is 1. The van der Waals surface area contributed by atoms with Crippen LogP contribution in [0.2, 0.25) is 0 Å². The van der Waals surface area contributed by atoms with Gasteiger partial charge in [-0.3, -0.25) is 5.10 Å². The maximum Gasteiger partial charge on any atom is 0.226 e. The summed E-state index contributed by atoms with van der Waals surface area (Å²) in [5.41, 5.74) is 3.00. The molecule has 0 radical (unpaired) electrons. The molecule has 1 fully saturated rings. The zero-order valence-electron chi connectivity index (χ0n) is 11.1. The van der Waals surface area contributed by atoms with E-state index in [0.29, 0.717) is 13.2 Å². The van der Waals surface area contributed by atoms with Gasteiger partial charge in [0.1, 0.15) is 0 Å². The molecule has 1 N–H and O–H groups in total. The molecule has 1 aliphatic rings. The Balaban J connectivity index is 1.96. The first kappa shape index (κ1) is 12.1. The van der Waals surface area contributed by atoms with Gasteiger partial charge in [-0.25, -0.2) is 9.97 Å². The highest BCUT2D eigenvalue weighted by atomic mass is 16.5. The van der Waals surface area contributed by atoms with E-state index in [1.54, 1.807) is 6.20 Å². The molecule has 2 aromatic rings. The zero-order chi connectivity index (χ0) is 13.2. The second kappa shape index (κ2) is 4.97. The number of aromatic nitrogens is 4. The Bertz CT molecular complexity index is 534. The van der Waals surface area contributed by atoms with Crippen molar-refractivity contribution < 1.29 is 4.74 Å². The van der Waals surface area contributed by atoms with Gasteiger partial charge in [0.2, 0.25) is 5.95 Å². The minimum atomic E-state index is 0.0949. The summed E-state index contributed by atoms with van der Waals surface area (Å²) in [5, 5.41) is 7.02. The van der Waals surface area contributed by atoms with Crippen LogP contribution in [0, 0.1) is 13.8 Å². The summed E-state index contributed by atoms with van der Waals surface area (Å²) in [6.07, 6.45) is 1.75. The Morgan fingerprint density at radius 3 is 2.79 bits per heavy atom. The SMILES string of the molecule is Cc1cc(C)nc(N2CCOC[C@H]2c2ccn[nH]2)n1. The molecule has 0 aliphatic carbocycles. The monoisotopic (exact) mass is 259 g/mol. The topological polar surface area (TPSA) is 66.9 Å². The van der Waals surface area contributed by atoms with E-state index < -0.39 is 0 Å². The van der Waals surface area contributed by atoms with Crippen molar-refractivity contribution in [1.29, 1.82) is 0 Å². The summed E-state index contributed by atoms with van der Waals surface area (Å²) in [6.45, 7) is 6.08. The van der Waals surface area contributed by atoms with Crippen LogP contribution >= 0.6 is 0 Å². The van der Waals surface area contributed by atoms with E-state index in [9.17, 15) is 0 Å². The van der Waals surface area contributed by atoms with Gasteiger partial charge < -0.3 is 9.64 Å². The minimum absolute atomic E-state index is 0.0949. The van der Waals surface area contributed by atoms with Gasteiger partial charge in [0, 0.05) is 24.1 Å². The molecule has 2 aromatic heterocycles. The fraction of sp³-hybridized carbons (Fsp3) is 0.462. The van der Waals surface area contributed by atoms with Crippen molar-refractivity contribution in [1.82, 2.24) is 20.2 Å². The first-order chi connectivity index (χ1) is 9.24. The van der Waals surface area contributed by atoms with Crippen LogP contribution < -0.4 is 4.90 Å². The molecule has 0 spiro atoms. The van der Waals surface area contributed by atoms with Crippen molar-refractivity contribution in [2.45, 2.75) is 19.9 Å². The van der Waals surface area contributed by atoms with Crippen molar-refractivity contribution in [3.8, 4) is 0 Å². The lowest BCUT2D eigenvalue weighted by molar-refractivity contribution is 0.0920. The largest absolute Gasteiger partial charge is 0.377 e. The summed E-state index contributed by atoms with van der Waals surface area (Å²) in [5.74, 6) is 0.764. The normalized spacial score (nSPS) is 19.7. The molecule has 0 bridgehead atoms. The van der Waals surface area contributed by atoms with Crippen LogP contribution in [-0.4, -0.2) is 39.9 Å². The molecule has 0 saturated carbocycles. The van der Waals surface area contributed by atoms with Crippen molar-refractivity contribution in [3.05, 3.63) is 35.4 Å². The quantitative estimate of drug-likeness (QED) is 0.883. The Kier molecular flexibility index (Phi) is 3.16. The zero-order valence-corrected chi connectivity index (χ0v) is 11.1. The smallest absolute Gasteiger partial charge is 0.226 e. The van der Waals surface area contributed by atoms with Gasteiger partial charge in [0.25, 0.3) is 0 Å². The molecule has 3 rings (SSSR count). The van der Waals surface area contributed by atoms with Gasteiger partial charge in [-0.05, 0) is 26.0 Å². The number of nitrogens with one attached hydrogen (secondary N) is 1. The number of aryl methyl sites for hydroxylation is 2. The first-order valence-corrected chi connectivity index (χ1v) is 6.40. The van der Waals surface area contributed by atoms with Gasteiger partial charge in [-0.15, -0.1) is 0 Å². The average molecular weight is 259 g/mol. The standard InChI is InChI=1S/C13H17N5O/c1-9-7-10(2)16-13(15-9)18-5-6-19-8-12(18)11-3-4-14-17-11/h3-4,7,12H,5-6,8H2,1-2H3,(H,14,17)/t12-/m0/s1. The second-order valence-corrected chi connectivity index (χ2v) is 4.75. The van der Waals surface area contributed by atoms with Gasteiger partial charge in [0.15, 0.2) is 0 Å². The number of anilines is 1. The summed E-state index contributed by atoms with van der Waals surface area (Å²) in [4.78, 5) is 11.3. The molecule has 1 aliphatic heterocycles. The van der Waals surface area contributed by atoms with Crippen LogP contribution in [0.3, 0.4) is 0 Å². The third-order valence-electron chi connectivity index (χ3n) is 3.24. The predicted octanol–water partition coefficient (Wildman–Crippen LogP) is 1.39. The molecule has 1 atom stereocenters. The van der Waals surface area contributed by atoms with E-state index in [1.165, 1.54) is 0 Å². The molecule has 0 amide bonds. The lowest BCUT2D eigenvalue weighted by Gasteiger charge is -2.35. The van der Waals surface area contributed by atoms with Crippen LogP contribution in [0.1, 0.15) is 23.1 Å². The van der Waals surface area contributed by atoms with E-state index in [0.717, 1.165) is 29.6 Å². The van der Waals surface area contributed by atoms with Crippen LogP contribution in [0.15, 0.2) is 18.3 Å². The van der Waals surface area contributed by atoms with Crippen molar-refractivity contribution >= 4 is 5.95 Å². The molecular formula is C13H17N5O. The highest BCUT2D eigenvalue weighted by Crippen LogP contribution is 2.26. The third kappa shape index (κ3) is 2.44. The molecule has 100 valence electrons. The molecule has 6 nitrogen and oxygen atoms in total. The predicted molar refractivity (Wildman–Crippen MR) is 71.0 cm³/mol. The highest BCUT2D eigenvalue weighted by molar-refractivity contribution is 5.36. The summed E-state index contributed by atoms with van der Waals surface area (Å²) >= 11 is 0. The Labute approximate surface area is 111 Å². The van der Waals surface area contributed by atoms with Gasteiger partial charge in [-0.2, -0.15) is 5.10 Å². The van der Waals surface area contributed by atoms with E-state index in [1.807, 2.05) is 26.0 Å². The summed E-state index contributed by atoms with van der Waals surface area (Å²) in [7, 11) is 0. The Hall–Kier alpha value is -1.95. The highest BCUT2D eigenvalue weighted by Gasteiger charge is 2.27. The lowest BCUT2D eigenvalue weighted by Crippen LogP contribution is -2.41. The minimum Gasteiger partial charge on any atom is -0.377 e. The number of ether oxygens (including phenoxy) is 1. The number of aromatic amines is 1. The van der Waals surface area contributed by atoms with E-state index in [2.05, 4.69) is 25.1 Å². The Morgan fingerprint density at radius 1 is 1.32 bits per heavy atom. The Morgan fingerprint density at radius 2 is 2.11 bits per heavy atom. The molecule has 3 heterocycles. The lowest BCUT2D eigenvalue weighted by atomic mass is 10.1. The number of rotatable bonds is 2. The van der Waals surface area contributed by atoms with Crippen LogP contribution in [0.4, 0.5) is 5.95 Å². The number of morpholine rings is 1. The molecule has 19 heavy (non-hydrogen) atoms. The summed E-state index contributed by atoms with van der Waals surface area (Å²) in [6, 6.07) is 4.04. The van der Waals surface area contributed by atoms with E-state index in [4.69, 9.17) is 4.74 Å². The van der Waals surface area contributed by atoms with Crippen molar-refractivity contribution in [3.63, 3.8) is 0 Å². The third-order valence-corrected chi connectivity index (χ3v) is 3.24. The summed E-state index contributed by atoms with van der Waals surface area (Å²) < 4.78 is 5.57. The fourth-order valence-corrected chi connectivity index (χ4v) is 2.39. The van der Waals surface area contributed by atoms with Crippen LogP contribution in [0.25, 0.3) is 0 Å². The van der Waals surface area contributed by atoms with Crippen molar-refractivity contribution in [2.75, 3.05) is 24.7 Å². The fourth-order valence-electron chi connectivity index (χ4n) is 2.39.